The Labute approximate surface area is 447 Å². The predicted octanol–water partition coefficient (Wildman–Crippen LogP) is 3.90. The average molecular weight is 1080 g/mol. The standard InChI is InChI=1S/C56H73N5O14.2FH/c1-34-39(72-51(68)44(64)43(36-19-9-6-10-20-36)61-49(66)37-21-11-7-12-22-37)32-56(70)48(74-50(67)38-23-13-8-14-24-38)46-54(5,40(63)31-41-55(46,33-71-41)75-35(2)62)47(65)45(42(34)53(56,3)4)73-52(69)60-30-18-29-59-27-16-15-26-58-28-17-25-57;;/h6-14,19-24,39-41,43-46,48,58-59,63-64,70H,15-18,25-33,57H2,1-5H3,(H,60,69)(H,61,66);2*1H/t39-,40-,41+,43-,44+,45+,46-,48-,54+,55-,56+;;/m0../s1. The molecule has 1 heterocycles. The highest BCUT2D eigenvalue weighted by atomic mass is 19.0. The molecule has 3 aliphatic carbocycles. The number of rotatable bonds is 22. The van der Waals surface area contributed by atoms with E-state index in [0.29, 0.717) is 25.1 Å². The molecule has 0 aromatic heterocycles. The van der Waals surface area contributed by atoms with Crippen LogP contribution in [0.5, 0.6) is 0 Å². The van der Waals surface area contributed by atoms with Crippen molar-refractivity contribution < 1.29 is 77.2 Å². The van der Waals surface area contributed by atoms with Crippen molar-refractivity contribution in [1.82, 2.24) is 21.3 Å². The number of hydrogen-bond donors (Lipinski definition) is 8. The highest BCUT2D eigenvalue weighted by Crippen LogP contribution is 2.64. The highest BCUT2D eigenvalue weighted by molar-refractivity contribution is 5.96. The van der Waals surface area contributed by atoms with Gasteiger partial charge in [0, 0.05) is 37.3 Å². The largest absolute Gasteiger partial charge is 0.456 e. The molecular formula is C56H75F2N5O14. The predicted molar refractivity (Wildman–Crippen MR) is 279 cm³/mol. The molecule has 2 amide bonds. The molecule has 422 valence electrons. The van der Waals surface area contributed by atoms with Gasteiger partial charge in [0.25, 0.3) is 5.91 Å². The van der Waals surface area contributed by atoms with E-state index in [0.717, 1.165) is 45.8 Å². The summed E-state index contributed by atoms with van der Waals surface area (Å²) in [5.74, 6) is -6.05. The van der Waals surface area contributed by atoms with Gasteiger partial charge in [-0.25, -0.2) is 14.4 Å². The zero-order chi connectivity index (χ0) is 54.1. The summed E-state index contributed by atoms with van der Waals surface area (Å²) in [4.78, 5) is 86.0. The molecule has 1 saturated heterocycles. The fourth-order valence-corrected chi connectivity index (χ4v) is 11.5. The van der Waals surface area contributed by atoms with Crippen molar-refractivity contribution in [1.29, 1.82) is 0 Å². The second kappa shape index (κ2) is 26.4. The minimum Gasteiger partial charge on any atom is -0.456 e. The highest BCUT2D eigenvalue weighted by Gasteiger charge is 2.78. The maximum atomic E-state index is 16.0. The van der Waals surface area contributed by atoms with Crippen molar-refractivity contribution in [3.05, 3.63) is 119 Å². The van der Waals surface area contributed by atoms with E-state index >= 15 is 4.79 Å². The number of Topliss-reactive ketones (excluding diaryl/α,β-unsaturated/α-hetero) is 1. The molecule has 3 aromatic rings. The molecule has 0 spiro atoms. The van der Waals surface area contributed by atoms with Crippen LogP contribution < -0.4 is 27.0 Å². The van der Waals surface area contributed by atoms with E-state index in [9.17, 15) is 39.3 Å². The molecule has 4 aliphatic rings. The molecule has 19 nitrogen and oxygen atoms in total. The normalized spacial score (nSPS) is 27.6. The number of esters is 3. The van der Waals surface area contributed by atoms with Crippen LogP contribution in [-0.4, -0.2) is 145 Å². The minimum absolute atomic E-state index is 0. The van der Waals surface area contributed by atoms with Gasteiger partial charge < -0.3 is 66.0 Å². The summed E-state index contributed by atoms with van der Waals surface area (Å²) < 4.78 is 31.0. The number of carbonyl (C=O) groups excluding carboxylic acids is 6. The molecule has 7 rings (SSSR count). The van der Waals surface area contributed by atoms with Crippen LogP contribution in [0.4, 0.5) is 14.2 Å². The molecule has 11 atom stereocenters. The number of halogens is 2. The van der Waals surface area contributed by atoms with Crippen molar-refractivity contribution in [3.63, 3.8) is 0 Å². The molecular weight excluding hydrogens is 1000 g/mol. The molecule has 3 aromatic carbocycles. The Bertz CT molecular complexity index is 2550. The Hall–Kier alpha value is -6.20. The van der Waals surface area contributed by atoms with Gasteiger partial charge in [0.05, 0.1) is 35.6 Å². The fraction of sp³-hybridized carbons (Fsp3) is 0.536. The lowest BCUT2D eigenvalue weighted by Crippen LogP contribution is -2.82. The Balaban J connectivity index is 0.00000547. The molecule has 21 heteroatoms. The Morgan fingerprint density at radius 3 is 1.94 bits per heavy atom. The summed E-state index contributed by atoms with van der Waals surface area (Å²) in [6, 6.07) is 23.0. The van der Waals surface area contributed by atoms with Crippen LogP contribution in [0, 0.1) is 16.7 Å². The number of aliphatic hydroxyl groups is 3. The van der Waals surface area contributed by atoms with Crippen LogP contribution in [0.1, 0.15) is 105 Å². The van der Waals surface area contributed by atoms with E-state index in [1.165, 1.54) is 26.0 Å². The lowest BCUT2D eigenvalue weighted by molar-refractivity contribution is -0.345. The van der Waals surface area contributed by atoms with Gasteiger partial charge in [-0.2, -0.15) is 0 Å². The third-order valence-corrected chi connectivity index (χ3v) is 15.7. The summed E-state index contributed by atoms with van der Waals surface area (Å²) in [6.45, 7) is 10.8. The molecule has 2 saturated carbocycles. The van der Waals surface area contributed by atoms with E-state index in [1.54, 1.807) is 92.7 Å². The van der Waals surface area contributed by atoms with E-state index in [2.05, 4.69) is 21.3 Å². The van der Waals surface area contributed by atoms with Crippen molar-refractivity contribution in [2.24, 2.45) is 22.5 Å². The number of nitrogens with one attached hydrogen (secondary N) is 4. The number of hydrogen-bond acceptors (Lipinski definition) is 17. The third kappa shape index (κ3) is 12.7. The third-order valence-electron chi connectivity index (χ3n) is 15.7. The van der Waals surface area contributed by atoms with Gasteiger partial charge >= 0.3 is 24.0 Å². The zero-order valence-corrected chi connectivity index (χ0v) is 44.2. The SMILES string of the molecule is CC(=O)O[C@@]12CO[C@@H]1C[C@H](O)[C@@]1(C)C(=O)[C@H](OC(=O)NCCCNCCCCNCCCN)C3=C(C)[C@@H](OC(=O)[C@H](O)[C@@H](NC(=O)c4ccccc4)c4ccccc4)C[C@@](O)([C@@H](OC(=O)c4ccccc4)[C@H]21)C3(C)C.F.F. The number of aliphatic hydroxyl groups excluding tert-OH is 2. The van der Waals surface area contributed by atoms with Gasteiger partial charge in [-0.1, -0.05) is 80.6 Å². The van der Waals surface area contributed by atoms with Crippen molar-refractivity contribution >= 4 is 35.7 Å². The number of carbonyl (C=O) groups is 6. The quantitative estimate of drug-likeness (QED) is 0.0307. The first-order chi connectivity index (χ1) is 35.8. The number of fused-ring (bicyclic) bond motifs is 5. The maximum Gasteiger partial charge on any atom is 0.408 e. The van der Waals surface area contributed by atoms with Crippen LogP contribution in [-0.2, 0) is 38.1 Å². The summed E-state index contributed by atoms with van der Waals surface area (Å²) in [7, 11) is 0. The van der Waals surface area contributed by atoms with Gasteiger partial charge in [0.2, 0.25) is 0 Å². The molecule has 1 aliphatic heterocycles. The van der Waals surface area contributed by atoms with Crippen molar-refractivity contribution in [2.45, 2.75) is 127 Å². The van der Waals surface area contributed by atoms with Gasteiger partial charge in [-0.05, 0) is 113 Å². The van der Waals surface area contributed by atoms with Gasteiger partial charge in [0.1, 0.15) is 23.9 Å². The zero-order valence-electron chi connectivity index (χ0n) is 44.2. The second-order valence-electron chi connectivity index (χ2n) is 20.8. The number of benzene rings is 3. The lowest BCUT2D eigenvalue weighted by atomic mass is 9.44. The van der Waals surface area contributed by atoms with Crippen LogP contribution in [0.2, 0.25) is 0 Å². The number of ether oxygens (including phenoxy) is 5. The Morgan fingerprint density at radius 1 is 0.792 bits per heavy atom. The molecule has 3 fully saturated rings. The van der Waals surface area contributed by atoms with E-state index in [1.807, 2.05) is 0 Å². The molecule has 2 bridgehead atoms. The molecule has 0 radical (unpaired) electrons. The van der Waals surface area contributed by atoms with E-state index in [-0.39, 0.29) is 51.3 Å². The van der Waals surface area contributed by atoms with Gasteiger partial charge in [-0.15, -0.1) is 0 Å². The first-order valence-electron chi connectivity index (χ1n) is 25.9. The number of amides is 2. The van der Waals surface area contributed by atoms with Crippen molar-refractivity contribution in [3.8, 4) is 0 Å². The Kier molecular flexibility index (Phi) is 21.2. The van der Waals surface area contributed by atoms with Crippen LogP contribution in [0.25, 0.3) is 0 Å². The molecule has 0 unspecified atom stereocenters. The minimum atomic E-state index is -2.44. The monoisotopic (exact) mass is 1080 g/mol. The van der Waals surface area contributed by atoms with Crippen LogP contribution in [0.15, 0.2) is 102 Å². The summed E-state index contributed by atoms with van der Waals surface area (Å²) in [5.41, 5.74) is -1.73. The molecule has 77 heavy (non-hydrogen) atoms. The lowest BCUT2D eigenvalue weighted by Gasteiger charge is -2.67. The summed E-state index contributed by atoms with van der Waals surface area (Å²) >= 11 is 0. The topological polar surface area (TPSA) is 283 Å². The summed E-state index contributed by atoms with van der Waals surface area (Å²) in [6.07, 6.45) is -8.53. The first kappa shape index (κ1) is 61.7. The van der Waals surface area contributed by atoms with Crippen LogP contribution >= 0.6 is 0 Å². The van der Waals surface area contributed by atoms with Crippen LogP contribution in [0.3, 0.4) is 0 Å². The molecule has 9 N–H and O–H groups in total. The number of unbranched alkanes of at least 4 members (excludes halogenated alkanes) is 1. The number of ketones is 1. The number of nitrogens with two attached hydrogens (primary N) is 1. The van der Waals surface area contributed by atoms with Gasteiger partial charge in [0.15, 0.2) is 23.6 Å². The van der Waals surface area contributed by atoms with Gasteiger partial charge in [-0.3, -0.25) is 23.8 Å². The maximum absolute atomic E-state index is 16.0. The summed E-state index contributed by atoms with van der Waals surface area (Å²) in [5, 5.41) is 50.5. The van der Waals surface area contributed by atoms with E-state index < -0.39 is 113 Å². The Morgan fingerprint density at radius 2 is 1.36 bits per heavy atom. The second-order valence-corrected chi connectivity index (χ2v) is 20.8. The fourth-order valence-electron chi connectivity index (χ4n) is 11.5. The number of alkyl carbamates (subject to hydrolysis) is 1. The first-order valence-corrected chi connectivity index (χ1v) is 25.9. The smallest absolute Gasteiger partial charge is 0.408 e. The average Bonchev–Trinajstić information content (AvgIpc) is 3.54. The van der Waals surface area contributed by atoms with E-state index in [4.69, 9.17) is 29.4 Å². The van der Waals surface area contributed by atoms with Crippen molar-refractivity contribution in [2.75, 3.05) is 45.9 Å².